The minimum atomic E-state index is -0.00554. The zero-order valence-corrected chi connectivity index (χ0v) is 27.0. The number of likely N-dealkylation sites (tertiary alicyclic amines) is 1. The van der Waals surface area contributed by atoms with Crippen LogP contribution in [0.25, 0.3) is 33.6 Å². The van der Waals surface area contributed by atoms with E-state index in [0.29, 0.717) is 36.2 Å². The lowest BCUT2D eigenvalue weighted by Gasteiger charge is -2.27. The van der Waals surface area contributed by atoms with Crippen LogP contribution in [0.15, 0.2) is 48.8 Å². The largest absolute Gasteiger partial charge is 0.494 e. The van der Waals surface area contributed by atoms with Crippen LogP contribution in [-0.2, 0) is 13.1 Å². The first-order valence-corrected chi connectivity index (χ1v) is 17.1. The van der Waals surface area contributed by atoms with Crippen molar-refractivity contribution in [1.29, 1.82) is 5.26 Å². The molecule has 4 aromatic heterocycles. The first-order chi connectivity index (χ1) is 23.5. The number of benzene rings is 1. The van der Waals surface area contributed by atoms with Gasteiger partial charge < -0.3 is 29.4 Å². The highest BCUT2D eigenvalue weighted by atomic mass is 16.5. The van der Waals surface area contributed by atoms with Crippen LogP contribution in [0.1, 0.15) is 48.3 Å². The molecule has 48 heavy (non-hydrogen) atoms. The number of carbonyl (C=O) groups excluding carboxylic acids is 1. The number of carbonyl (C=O) groups is 1. The number of nitriles is 1. The van der Waals surface area contributed by atoms with Crippen molar-refractivity contribution in [3.05, 3.63) is 60.2 Å². The minimum absolute atomic E-state index is 0.00554. The second kappa shape index (κ2) is 11.3. The third-order valence-corrected chi connectivity index (χ3v) is 11.0. The molecular formula is C36H38N10O2. The summed E-state index contributed by atoms with van der Waals surface area (Å²) in [5.41, 5.74) is 10.7. The Labute approximate surface area is 278 Å². The van der Waals surface area contributed by atoms with Crippen LogP contribution in [0.2, 0.25) is 0 Å². The molecule has 4 aliphatic rings. The molecule has 0 spiro atoms. The van der Waals surface area contributed by atoms with Gasteiger partial charge in [-0.3, -0.25) is 4.79 Å². The van der Waals surface area contributed by atoms with Crippen molar-refractivity contribution >= 4 is 33.8 Å². The molecule has 0 radical (unpaired) electrons. The van der Waals surface area contributed by atoms with Crippen molar-refractivity contribution in [2.75, 3.05) is 31.6 Å². The monoisotopic (exact) mass is 642 g/mol. The van der Waals surface area contributed by atoms with Crippen LogP contribution in [0.3, 0.4) is 0 Å². The lowest BCUT2D eigenvalue weighted by atomic mass is 10.1. The molecular weight excluding hydrogens is 604 g/mol. The van der Waals surface area contributed by atoms with Gasteiger partial charge in [0.25, 0.3) is 5.91 Å². The number of nitrogens with two attached hydrogens (primary N) is 1. The van der Waals surface area contributed by atoms with Crippen molar-refractivity contribution < 1.29 is 9.53 Å². The summed E-state index contributed by atoms with van der Waals surface area (Å²) in [7, 11) is 1.67. The van der Waals surface area contributed by atoms with Crippen molar-refractivity contribution in [2.45, 2.75) is 57.3 Å². The molecule has 2 bridgehead atoms. The van der Waals surface area contributed by atoms with E-state index in [1.54, 1.807) is 13.3 Å². The Morgan fingerprint density at radius 1 is 1.00 bits per heavy atom. The van der Waals surface area contributed by atoms with Gasteiger partial charge in [0.1, 0.15) is 28.8 Å². The lowest BCUT2D eigenvalue weighted by Crippen LogP contribution is -2.41. The molecule has 6 heterocycles. The van der Waals surface area contributed by atoms with Gasteiger partial charge in [-0.2, -0.15) is 5.26 Å². The van der Waals surface area contributed by atoms with Crippen LogP contribution >= 0.6 is 0 Å². The van der Waals surface area contributed by atoms with E-state index >= 15 is 0 Å². The second-order valence-electron chi connectivity index (χ2n) is 14.0. The molecule has 12 heteroatoms. The second-order valence-corrected chi connectivity index (χ2v) is 14.0. The molecule has 4 fully saturated rings. The molecule has 9 rings (SSSR count). The number of pyridine rings is 1. The highest BCUT2D eigenvalue weighted by Gasteiger charge is 2.47. The highest BCUT2D eigenvalue weighted by molar-refractivity contribution is 6.00. The normalized spacial score (nSPS) is 23.4. The van der Waals surface area contributed by atoms with Crippen molar-refractivity contribution in [1.82, 2.24) is 34.0 Å². The Kier molecular flexibility index (Phi) is 6.86. The molecule has 4 atom stereocenters. The van der Waals surface area contributed by atoms with Crippen LogP contribution < -0.4 is 15.4 Å². The fourth-order valence-corrected chi connectivity index (χ4v) is 8.37. The number of hydrogen-bond acceptors (Lipinski definition) is 9. The summed E-state index contributed by atoms with van der Waals surface area (Å²) < 4.78 is 10.7. The van der Waals surface area contributed by atoms with Gasteiger partial charge in [-0.15, -0.1) is 0 Å². The number of amides is 1. The van der Waals surface area contributed by atoms with E-state index in [9.17, 15) is 10.1 Å². The van der Waals surface area contributed by atoms with Gasteiger partial charge in [0.2, 0.25) is 5.82 Å². The van der Waals surface area contributed by atoms with Gasteiger partial charge in [-0.25, -0.2) is 19.9 Å². The quantitative estimate of drug-likeness (QED) is 0.263. The molecule has 244 valence electrons. The highest BCUT2D eigenvalue weighted by Crippen LogP contribution is 2.41. The van der Waals surface area contributed by atoms with Crippen molar-refractivity contribution in [3.8, 4) is 23.3 Å². The Balaban J connectivity index is 1.15. The molecule has 2 saturated heterocycles. The van der Waals surface area contributed by atoms with Gasteiger partial charge >= 0.3 is 0 Å². The smallest absolute Gasteiger partial charge is 0.254 e. The first-order valence-electron chi connectivity index (χ1n) is 17.1. The Morgan fingerprint density at radius 2 is 1.88 bits per heavy atom. The molecule has 12 nitrogen and oxygen atoms in total. The van der Waals surface area contributed by atoms with Crippen LogP contribution in [0.4, 0.5) is 5.82 Å². The first kappa shape index (κ1) is 29.1. The van der Waals surface area contributed by atoms with E-state index in [-0.39, 0.29) is 29.7 Å². The SMILES string of the molecule is COc1cc(C(=O)N2CC3CCC2[C@@H]3N)cc2nc(-c3cc4cccnc4n3CC3CC3)n(C[C@@H]3CCN(c4ccnc(C#N)n4)C3)c12. The van der Waals surface area contributed by atoms with Crippen LogP contribution in [-0.4, -0.2) is 78.7 Å². The number of piperidine rings is 1. The van der Waals surface area contributed by atoms with Gasteiger partial charge in [-0.05, 0) is 86.3 Å². The third-order valence-electron chi connectivity index (χ3n) is 11.0. The molecule has 2 aliphatic heterocycles. The number of rotatable bonds is 8. The number of aromatic nitrogens is 6. The lowest BCUT2D eigenvalue weighted by molar-refractivity contribution is 0.0700. The fourth-order valence-electron chi connectivity index (χ4n) is 8.37. The summed E-state index contributed by atoms with van der Waals surface area (Å²) in [5.74, 6) is 3.72. The maximum Gasteiger partial charge on any atom is 0.254 e. The summed E-state index contributed by atoms with van der Waals surface area (Å²) in [6, 6.07) is 14.2. The van der Waals surface area contributed by atoms with Crippen LogP contribution in [0, 0.1) is 29.1 Å². The van der Waals surface area contributed by atoms with Gasteiger partial charge in [0, 0.05) is 68.2 Å². The average molecular weight is 643 g/mol. The zero-order chi connectivity index (χ0) is 32.5. The third kappa shape index (κ3) is 4.79. The summed E-state index contributed by atoms with van der Waals surface area (Å²) >= 11 is 0. The molecule has 5 aromatic rings. The maximum atomic E-state index is 14.0. The van der Waals surface area contributed by atoms with Gasteiger partial charge in [0.05, 0.1) is 18.3 Å². The van der Waals surface area contributed by atoms with E-state index in [2.05, 4.69) is 42.2 Å². The van der Waals surface area contributed by atoms with E-state index in [1.165, 1.54) is 12.8 Å². The predicted molar refractivity (Wildman–Crippen MR) is 180 cm³/mol. The fraction of sp³-hybridized carbons (Fsp3) is 0.444. The number of nitrogens with zero attached hydrogens (tertiary/aromatic N) is 9. The van der Waals surface area contributed by atoms with E-state index in [0.717, 1.165) is 78.3 Å². The average Bonchev–Trinajstić information content (AvgIpc) is 3.43. The maximum absolute atomic E-state index is 14.0. The van der Waals surface area contributed by atoms with E-state index in [4.69, 9.17) is 20.4 Å². The molecule has 1 amide bonds. The van der Waals surface area contributed by atoms with Crippen LogP contribution in [0.5, 0.6) is 5.75 Å². The predicted octanol–water partition coefficient (Wildman–Crippen LogP) is 4.22. The number of methoxy groups -OCH3 is 1. The summed E-state index contributed by atoms with van der Waals surface area (Å²) in [6.07, 6.45) is 8.94. The van der Waals surface area contributed by atoms with Gasteiger partial charge in [-0.1, -0.05) is 0 Å². The minimum Gasteiger partial charge on any atom is -0.494 e. The topological polar surface area (TPSA) is 144 Å². The molecule has 1 aromatic carbocycles. The molecule has 2 aliphatic carbocycles. The Hall–Kier alpha value is -5.02. The summed E-state index contributed by atoms with van der Waals surface area (Å²) in [5, 5.41) is 10.4. The Morgan fingerprint density at radius 3 is 2.65 bits per heavy atom. The summed E-state index contributed by atoms with van der Waals surface area (Å²) in [6.45, 7) is 3.91. The standard InChI is InChI=1S/C36H38N10O2/c1-48-29-15-25(36(47)45-20-24-6-7-27(45)32(24)38)13-26-33(29)46(19-22-9-12-43(17-22)31-8-11-39-30(16-37)42-31)35(41-26)28-14-23-3-2-10-40-34(23)44(28)18-21-4-5-21/h2-3,8,10-11,13-15,21-22,24,27,32H,4-7,9,12,17-20,38H2,1H3/t22-,24?,27?,32-/m1/s1. The number of anilines is 1. The molecule has 2 saturated carbocycles. The van der Waals surface area contributed by atoms with Crippen molar-refractivity contribution in [3.63, 3.8) is 0 Å². The van der Waals surface area contributed by atoms with E-state index in [1.807, 2.05) is 35.4 Å². The number of hydrogen-bond donors (Lipinski definition) is 1. The van der Waals surface area contributed by atoms with Crippen molar-refractivity contribution in [2.24, 2.45) is 23.5 Å². The summed E-state index contributed by atoms with van der Waals surface area (Å²) in [4.78, 5) is 36.8. The Bertz CT molecular complexity index is 2110. The molecule has 2 unspecified atom stereocenters. The number of imidazole rings is 1. The molecule has 2 N–H and O–H groups in total. The van der Waals surface area contributed by atoms with E-state index < -0.39 is 0 Å². The number of ether oxygens (including phenoxy) is 1. The number of fused-ring (bicyclic) bond motifs is 4. The zero-order valence-electron chi connectivity index (χ0n) is 27.0. The van der Waals surface area contributed by atoms with Gasteiger partial charge in [0.15, 0.2) is 5.82 Å².